The van der Waals surface area contributed by atoms with Gasteiger partial charge in [-0.25, -0.2) is 4.79 Å². The highest BCUT2D eigenvalue weighted by Gasteiger charge is 1.94. The Kier molecular flexibility index (Phi) is 2.85. The lowest BCUT2D eigenvalue weighted by atomic mass is 10.1. The molecule has 0 unspecified atom stereocenters. The first-order valence-electron chi connectivity index (χ1n) is 4.08. The summed E-state index contributed by atoms with van der Waals surface area (Å²) >= 11 is 0. The van der Waals surface area contributed by atoms with Gasteiger partial charge < -0.3 is 5.11 Å². The molecule has 0 atom stereocenters. The van der Waals surface area contributed by atoms with Gasteiger partial charge in [0.1, 0.15) is 0 Å². The van der Waals surface area contributed by atoms with E-state index in [1.54, 1.807) is 6.08 Å². The van der Waals surface area contributed by atoms with Crippen LogP contribution in [0.4, 0.5) is 0 Å². The number of benzene rings is 1. The quantitative estimate of drug-likeness (QED) is 0.702. The van der Waals surface area contributed by atoms with Crippen LogP contribution in [0.15, 0.2) is 24.3 Å². The molecule has 0 saturated heterocycles. The highest BCUT2D eigenvalue weighted by atomic mass is 16.4. The predicted octanol–water partition coefficient (Wildman–Crippen LogP) is 2.40. The third kappa shape index (κ3) is 2.75. The van der Waals surface area contributed by atoms with Crippen LogP contribution in [-0.2, 0) is 4.79 Å². The van der Waals surface area contributed by atoms with Crippen LogP contribution in [0.1, 0.15) is 16.7 Å². The first-order chi connectivity index (χ1) is 6.09. The highest BCUT2D eigenvalue weighted by molar-refractivity contribution is 5.85. The van der Waals surface area contributed by atoms with Crippen molar-refractivity contribution >= 4 is 12.0 Å². The van der Waals surface area contributed by atoms with Gasteiger partial charge in [-0.3, -0.25) is 0 Å². The molecule has 0 heterocycles. The first kappa shape index (κ1) is 9.52. The minimum Gasteiger partial charge on any atom is -0.478 e. The Hall–Kier alpha value is -1.57. The summed E-state index contributed by atoms with van der Waals surface area (Å²) in [5.41, 5.74) is 3.18. The van der Waals surface area contributed by atoms with E-state index in [-0.39, 0.29) is 0 Å². The summed E-state index contributed by atoms with van der Waals surface area (Å²) in [4.78, 5) is 10.3. The van der Waals surface area contributed by atoms with Gasteiger partial charge in [-0.1, -0.05) is 23.8 Å². The van der Waals surface area contributed by atoms with E-state index in [0.717, 1.165) is 22.8 Å². The molecule has 0 aromatic heterocycles. The molecule has 0 aliphatic carbocycles. The molecule has 1 N–H and O–H groups in total. The van der Waals surface area contributed by atoms with Crippen molar-refractivity contribution in [3.63, 3.8) is 0 Å². The van der Waals surface area contributed by atoms with Gasteiger partial charge in [0.15, 0.2) is 0 Å². The van der Waals surface area contributed by atoms with Crippen molar-refractivity contribution in [1.82, 2.24) is 0 Å². The fraction of sp³-hybridized carbons (Fsp3) is 0.182. The molecule has 1 aromatic carbocycles. The number of aliphatic carboxylic acids is 1. The normalized spacial score (nSPS) is 10.6. The lowest BCUT2D eigenvalue weighted by molar-refractivity contribution is -0.131. The first-order valence-corrected chi connectivity index (χ1v) is 4.08. The van der Waals surface area contributed by atoms with Crippen molar-refractivity contribution in [2.24, 2.45) is 0 Å². The SMILES string of the molecule is Cc1ccc(C)c(/C=C/C(=O)O)c1. The van der Waals surface area contributed by atoms with Gasteiger partial charge >= 0.3 is 5.97 Å². The Morgan fingerprint density at radius 2 is 2.08 bits per heavy atom. The minimum atomic E-state index is -0.916. The van der Waals surface area contributed by atoms with Gasteiger partial charge in [-0.05, 0) is 31.1 Å². The predicted molar refractivity (Wildman–Crippen MR) is 52.6 cm³/mol. The summed E-state index contributed by atoms with van der Waals surface area (Å²) in [6.45, 7) is 3.94. The fourth-order valence-electron chi connectivity index (χ4n) is 1.10. The molecule has 2 heteroatoms. The van der Waals surface area contributed by atoms with E-state index >= 15 is 0 Å². The van der Waals surface area contributed by atoms with Crippen molar-refractivity contribution < 1.29 is 9.90 Å². The molecule has 0 aliphatic heterocycles. The lowest BCUT2D eigenvalue weighted by Crippen LogP contribution is -1.87. The summed E-state index contributed by atoms with van der Waals surface area (Å²) in [6.07, 6.45) is 2.77. The van der Waals surface area contributed by atoms with Crippen LogP contribution in [0.5, 0.6) is 0 Å². The van der Waals surface area contributed by atoms with Gasteiger partial charge in [0.2, 0.25) is 0 Å². The molecular formula is C11H12O2. The maximum Gasteiger partial charge on any atom is 0.328 e. The van der Waals surface area contributed by atoms with E-state index in [4.69, 9.17) is 5.11 Å². The molecule has 0 saturated carbocycles. The van der Waals surface area contributed by atoms with Crippen LogP contribution in [0.25, 0.3) is 6.08 Å². The topological polar surface area (TPSA) is 37.3 Å². The molecule has 0 radical (unpaired) electrons. The molecule has 1 aromatic rings. The van der Waals surface area contributed by atoms with Crippen molar-refractivity contribution in [3.05, 3.63) is 41.0 Å². The van der Waals surface area contributed by atoms with E-state index < -0.39 is 5.97 Å². The molecule has 13 heavy (non-hydrogen) atoms. The Labute approximate surface area is 77.5 Å². The second-order valence-electron chi connectivity index (χ2n) is 3.03. The second-order valence-corrected chi connectivity index (χ2v) is 3.03. The van der Waals surface area contributed by atoms with E-state index in [2.05, 4.69) is 0 Å². The largest absolute Gasteiger partial charge is 0.478 e. The molecule has 0 bridgehead atoms. The van der Waals surface area contributed by atoms with Gasteiger partial charge in [0.25, 0.3) is 0 Å². The van der Waals surface area contributed by atoms with Crippen molar-refractivity contribution in [2.45, 2.75) is 13.8 Å². The second kappa shape index (κ2) is 3.90. The van der Waals surface area contributed by atoms with Gasteiger partial charge in [-0.2, -0.15) is 0 Å². The molecule has 0 aliphatic rings. The molecule has 1 rings (SSSR count). The van der Waals surface area contributed by atoms with Gasteiger partial charge in [0.05, 0.1) is 0 Å². The Bertz CT molecular complexity index is 351. The molecule has 2 nitrogen and oxygen atoms in total. The maximum absolute atomic E-state index is 10.3. The van der Waals surface area contributed by atoms with Gasteiger partial charge in [-0.15, -0.1) is 0 Å². The van der Waals surface area contributed by atoms with Crippen molar-refractivity contribution in [3.8, 4) is 0 Å². The fourth-order valence-corrected chi connectivity index (χ4v) is 1.10. The summed E-state index contributed by atoms with van der Waals surface area (Å²) in [5.74, 6) is -0.916. The summed E-state index contributed by atoms with van der Waals surface area (Å²) in [5, 5.41) is 8.45. The number of rotatable bonds is 2. The lowest BCUT2D eigenvalue weighted by Gasteiger charge is -2.00. The molecule has 0 spiro atoms. The molecule has 68 valence electrons. The zero-order valence-electron chi connectivity index (χ0n) is 7.74. The Balaban J connectivity index is 3.00. The monoisotopic (exact) mass is 176 g/mol. The van der Waals surface area contributed by atoms with Crippen molar-refractivity contribution in [2.75, 3.05) is 0 Å². The summed E-state index contributed by atoms with van der Waals surface area (Å²) in [6, 6.07) is 5.96. The number of carboxylic acids is 1. The third-order valence-corrected chi connectivity index (χ3v) is 1.84. The van der Waals surface area contributed by atoms with Gasteiger partial charge in [0, 0.05) is 6.08 Å². The molecule has 0 amide bonds. The van der Waals surface area contributed by atoms with Crippen LogP contribution in [-0.4, -0.2) is 11.1 Å². The molecule has 0 fully saturated rings. The number of carbonyl (C=O) groups is 1. The zero-order chi connectivity index (χ0) is 9.84. The maximum atomic E-state index is 10.3. The average molecular weight is 176 g/mol. The standard InChI is InChI=1S/C11H12O2/c1-8-3-4-9(2)10(7-8)5-6-11(12)13/h3-7H,1-2H3,(H,12,13)/b6-5+. The van der Waals surface area contributed by atoms with Crippen LogP contribution in [0, 0.1) is 13.8 Å². The summed E-state index contributed by atoms with van der Waals surface area (Å²) < 4.78 is 0. The summed E-state index contributed by atoms with van der Waals surface area (Å²) in [7, 11) is 0. The van der Waals surface area contributed by atoms with Crippen LogP contribution in [0.3, 0.4) is 0 Å². The van der Waals surface area contributed by atoms with Crippen LogP contribution in [0.2, 0.25) is 0 Å². The smallest absolute Gasteiger partial charge is 0.328 e. The van der Waals surface area contributed by atoms with E-state index in [9.17, 15) is 4.79 Å². The van der Waals surface area contributed by atoms with Crippen molar-refractivity contribution in [1.29, 1.82) is 0 Å². The van der Waals surface area contributed by atoms with E-state index in [1.807, 2.05) is 32.0 Å². The van der Waals surface area contributed by atoms with Crippen LogP contribution >= 0.6 is 0 Å². The average Bonchev–Trinajstić information content (AvgIpc) is 2.06. The Morgan fingerprint density at radius 1 is 1.38 bits per heavy atom. The number of carboxylic acid groups (broad SMARTS) is 1. The number of aryl methyl sites for hydroxylation is 2. The zero-order valence-corrected chi connectivity index (χ0v) is 7.74. The number of hydrogen-bond donors (Lipinski definition) is 1. The number of hydrogen-bond acceptors (Lipinski definition) is 1. The van der Waals surface area contributed by atoms with Crippen LogP contribution < -0.4 is 0 Å². The molecular weight excluding hydrogens is 164 g/mol. The highest BCUT2D eigenvalue weighted by Crippen LogP contribution is 2.11. The minimum absolute atomic E-state index is 0.916. The Morgan fingerprint density at radius 3 is 2.69 bits per heavy atom. The van der Waals surface area contributed by atoms with E-state index in [0.29, 0.717) is 0 Å². The third-order valence-electron chi connectivity index (χ3n) is 1.84. The van der Waals surface area contributed by atoms with E-state index in [1.165, 1.54) is 0 Å².